The Balaban J connectivity index is 1.62. The van der Waals surface area contributed by atoms with Crippen LogP contribution in [0.3, 0.4) is 0 Å². The average molecular weight is 377 g/mol. The minimum Gasteiger partial charge on any atom is -0.323 e. The summed E-state index contributed by atoms with van der Waals surface area (Å²) >= 11 is 1.43. The summed E-state index contributed by atoms with van der Waals surface area (Å²) in [6.45, 7) is 4.30. The number of hydrogen-bond acceptors (Lipinski definition) is 4. The van der Waals surface area contributed by atoms with Gasteiger partial charge < -0.3 is 5.32 Å². The van der Waals surface area contributed by atoms with Crippen molar-refractivity contribution in [2.24, 2.45) is 0 Å². The van der Waals surface area contributed by atoms with Crippen molar-refractivity contribution in [3.05, 3.63) is 65.2 Å². The van der Waals surface area contributed by atoms with Crippen molar-refractivity contribution in [1.82, 2.24) is 4.98 Å². The summed E-state index contributed by atoms with van der Waals surface area (Å²) in [6, 6.07) is 15.5. The molecule has 0 aliphatic carbocycles. The molecule has 1 aromatic heterocycles. The van der Waals surface area contributed by atoms with Crippen LogP contribution in [0.2, 0.25) is 0 Å². The Morgan fingerprint density at radius 3 is 2.63 bits per heavy atom. The van der Waals surface area contributed by atoms with Crippen LogP contribution in [0.25, 0.3) is 10.6 Å². The number of fused-ring (bicyclic) bond motifs is 1. The third-order valence-corrected chi connectivity index (χ3v) is 5.45. The monoisotopic (exact) mass is 377 g/mol. The van der Waals surface area contributed by atoms with Crippen LogP contribution in [0.1, 0.15) is 35.8 Å². The number of aromatic nitrogens is 1. The normalized spacial score (nSPS) is 13.4. The van der Waals surface area contributed by atoms with Gasteiger partial charge in [0, 0.05) is 10.9 Å². The van der Waals surface area contributed by atoms with Crippen molar-refractivity contribution < 1.29 is 9.59 Å². The highest BCUT2D eigenvalue weighted by molar-refractivity contribution is 7.13. The predicted octanol–water partition coefficient (Wildman–Crippen LogP) is 4.53. The molecule has 136 valence electrons. The molecule has 0 fully saturated rings. The lowest BCUT2D eigenvalue weighted by molar-refractivity contribution is -0.115. The zero-order chi connectivity index (χ0) is 19.0. The summed E-state index contributed by atoms with van der Waals surface area (Å²) in [4.78, 5) is 31.0. The van der Waals surface area contributed by atoms with Gasteiger partial charge in [-0.3, -0.25) is 14.5 Å². The standard InChI is InChI=1S/C21H19N3O2S/c1-13(2)14-7-9-15(10-8-14)20-23-17(12-27-20)21(26)24-11-19(25)22-16-5-3-4-6-18(16)24/h3-10,12-13H,11H2,1-2H3,(H,22,25). The van der Waals surface area contributed by atoms with Crippen molar-refractivity contribution >= 4 is 34.5 Å². The highest BCUT2D eigenvalue weighted by Gasteiger charge is 2.28. The molecule has 0 atom stereocenters. The fraction of sp³-hybridized carbons (Fsp3) is 0.190. The van der Waals surface area contributed by atoms with Gasteiger partial charge in [0.25, 0.3) is 5.91 Å². The molecule has 3 aromatic rings. The summed E-state index contributed by atoms with van der Waals surface area (Å²) in [5.41, 5.74) is 3.94. The maximum Gasteiger partial charge on any atom is 0.278 e. The lowest BCUT2D eigenvalue weighted by atomic mass is 10.0. The average Bonchev–Trinajstić information content (AvgIpc) is 3.17. The largest absolute Gasteiger partial charge is 0.323 e. The topological polar surface area (TPSA) is 62.3 Å². The van der Waals surface area contributed by atoms with E-state index in [1.807, 2.05) is 30.3 Å². The van der Waals surface area contributed by atoms with Gasteiger partial charge in [0.1, 0.15) is 17.2 Å². The summed E-state index contributed by atoms with van der Waals surface area (Å²) in [6.07, 6.45) is 0. The number of nitrogens with zero attached hydrogens (tertiary/aromatic N) is 2. The van der Waals surface area contributed by atoms with E-state index >= 15 is 0 Å². The Morgan fingerprint density at radius 1 is 1.15 bits per heavy atom. The molecule has 2 amide bonds. The van der Waals surface area contributed by atoms with Gasteiger partial charge in [-0.1, -0.05) is 50.2 Å². The number of para-hydroxylation sites is 2. The molecule has 6 heteroatoms. The zero-order valence-electron chi connectivity index (χ0n) is 15.1. The van der Waals surface area contributed by atoms with Gasteiger partial charge in [0.05, 0.1) is 11.4 Å². The highest BCUT2D eigenvalue weighted by Crippen LogP contribution is 2.31. The molecule has 0 saturated heterocycles. The van der Waals surface area contributed by atoms with Gasteiger partial charge in [0.15, 0.2) is 0 Å². The van der Waals surface area contributed by atoms with Gasteiger partial charge in [-0.15, -0.1) is 11.3 Å². The van der Waals surface area contributed by atoms with E-state index in [4.69, 9.17) is 0 Å². The molecule has 0 saturated carbocycles. The van der Waals surface area contributed by atoms with E-state index < -0.39 is 0 Å². The second-order valence-electron chi connectivity index (χ2n) is 6.77. The van der Waals surface area contributed by atoms with Crippen LogP contribution in [-0.2, 0) is 4.79 Å². The third kappa shape index (κ3) is 3.36. The van der Waals surface area contributed by atoms with Gasteiger partial charge >= 0.3 is 0 Å². The number of carbonyl (C=O) groups is 2. The first kappa shape index (κ1) is 17.4. The number of carbonyl (C=O) groups excluding carboxylic acids is 2. The molecule has 2 aromatic carbocycles. The van der Waals surface area contributed by atoms with Crippen LogP contribution in [0.5, 0.6) is 0 Å². The molecule has 0 bridgehead atoms. The highest BCUT2D eigenvalue weighted by atomic mass is 32.1. The minimum atomic E-state index is -0.265. The quantitative estimate of drug-likeness (QED) is 0.729. The Hall–Kier alpha value is -2.99. The first-order valence-electron chi connectivity index (χ1n) is 8.79. The molecule has 1 aliphatic heterocycles. The summed E-state index contributed by atoms with van der Waals surface area (Å²) < 4.78 is 0. The number of anilines is 2. The molecule has 1 N–H and O–H groups in total. The fourth-order valence-corrected chi connectivity index (χ4v) is 3.87. The van der Waals surface area contributed by atoms with E-state index in [2.05, 4.69) is 36.3 Å². The van der Waals surface area contributed by atoms with Crippen molar-refractivity contribution in [3.63, 3.8) is 0 Å². The summed E-state index contributed by atoms with van der Waals surface area (Å²) in [7, 11) is 0. The Morgan fingerprint density at radius 2 is 1.89 bits per heavy atom. The zero-order valence-corrected chi connectivity index (χ0v) is 15.9. The second kappa shape index (κ2) is 6.96. The van der Waals surface area contributed by atoms with E-state index in [1.165, 1.54) is 21.8 Å². The first-order valence-corrected chi connectivity index (χ1v) is 9.67. The lowest BCUT2D eigenvalue weighted by Gasteiger charge is -2.28. The van der Waals surface area contributed by atoms with E-state index in [0.29, 0.717) is 23.0 Å². The van der Waals surface area contributed by atoms with Gasteiger partial charge in [-0.25, -0.2) is 4.98 Å². The van der Waals surface area contributed by atoms with Crippen LogP contribution in [-0.4, -0.2) is 23.3 Å². The van der Waals surface area contributed by atoms with Gasteiger partial charge in [0.2, 0.25) is 5.91 Å². The molecule has 0 radical (unpaired) electrons. The van der Waals surface area contributed by atoms with Crippen LogP contribution in [0.4, 0.5) is 11.4 Å². The van der Waals surface area contributed by atoms with E-state index in [9.17, 15) is 9.59 Å². The molecular formula is C21H19N3O2S. The van der Waals surface area contributed by atoms with Crippen molar-refractivity contribution in [3.8, 4) is 10.6 Å². The molecule has 2 heterocycles. The second-order valence-corrected chi connectivity index (χ2v) is 7.63. The number of thiazole rings is 1. The molecule has 0 spiro atoms. The minimum absolute atomic E-state index is 0.00814. The molecule has 27 heavy (non-hydrogen) atoms. The lowest BCUT2D eigenvalue weighted by Crippen LogP contribution is -2.42. The van der Waals surface area contributed by atoms with E-state index in [1.54, 1.807) is 11.4 Å². The number of benzene rings is 2. The van der Waals surface area contributed by atoms with Crippen molar-refractivity contribution in [2.45, 2.75) is 19.8 Å². The van der Waals surface area contributed by atoms with Gasteiger partial charge in [-0.05, 0) is 23.6 Å². The van der Waals surface area contributed by atoms with Crippen LogP contribution in [0, 0.1) is 0 Å². The summed E-state index contributed by atoms with van der Waals surface area (Å²) in [5, 5.41) is 5.34. The van der Waals surface area contributed by atoms with E-state index in [0.717, 1.165) is 10.6 Å². The number of hydrogen-bond donors (Lipinski definition) is 1. The van der Waals surface area contributed by atoms with Crippen LogP contribution < -0.4 is 10.2 Å². The molecular weight excluding hydrogens is 358 g/mol. The maximum absolute atomic E-state index is 13.0. The Labute approximate surface area is 161 Å². The molecule has 1 aliphatic rings. The van der Waals surface area contributed by atoms with Crippen LogP contribution in [0.15, 0.2) is 53.9 Å². The molecule has 5 nitrogen and oxygen atoms in total. The Bertz CT molecular complexity index is 1010. The predicted molar refractivity (Wildman–Crippen MR) is 108 cm³/mol. The van der Waals surface area contributed by atoms with E-state index in [-0.39, 0.29) is 18.4 Å². The number of rotatable bonds is 3. The van der Waals surface area contributed by atoms with Crippen LogP contribution >= 0.6 is 11.3 Å². The van der Waals surface area contributed by atoms with Gasteiger partial charge in [-0.2, -0.15) is 0 Å². The molecule has 0 unspecified atom stereocenters. The fourth-order valence-electron chi connectivity index (χ4n) is 3.07. The summed E-state index contributed by atoms with van der Waals surface area (Å²) in [5.74, 6) is -0.00169. The SMILES string of the molecule is CC(C)c1ccc(-c2nc(C(=O)N3CC(=O)Nc4ccccc43)cs2)cc1. The van der Waals surface area contributed by atoms with Crippen molar-refractivity contribution in [2.75, 3.05) is 16.8 Å². The number of nitrogens with one attached hydrogen (secondary N) is 1. The molecule has 4 rings (SSSR count). The third-order valence-electron chi connectivity index (χ3n) is 4.56. The number of amides is 2. The van der Waals surface area contributed by atoms with Crippen molar-refractivity contribution in [1.29, 1.82) is 0 Å². The Kier molecular flexibility index (Phi) is 4.49. The first-order chi connectivity index (χ1) is 13.0. The smallest absolute Gasteiger partial charge is 0.278 e. The maximum atomic E-state index is 13.0.